The summed E-state index contributed by atoms with van der Waals surface area (Å²) in [6, 6.07) is 5.79. The molecule has 2 aromatic rings. The number of esters is 1. The molecule has 0 aliphatic carbocycles. The Kier molecular flexibility index (Phi) is 4.90. The molecule has 0 spiro atoms. The van der Waals surface area contributed by atoms with Crippen LogP contribution < -0.4 is 0 Å². The van der Waals surface area contributed by atoms with Crippen molar-refractivity contribution < 1.29 is 14.3 Å². The van der Waals surface area contributed by atoms with E-state index in [1.807, 2.05) is 25.1 Å². The van der Waals surface area contributed by atoms with Crippen LogP contribution in [-0.2, 0) is 4.74 Å². The minimum atomic E-state index is -0.559. The molecule has 0 radical (unpaired) electrons. The number of halogens is 1. The fraction of sp³-hybridized carbons (Fsp3) is 0.267. The van der Waals surface area contributed by atoms with Crippen molar-refractivity contribution in [3.05, 3.63) is 38.8 Å². The molecule has 0 atom stereocenters. The summed E-state index contributed by atoms with van der Waals surface area (Å²) >= 11 is 4.68. The van der Waals surface area contributed by atoms with E-state index in [2.05, 4.69) is 20.9 Å². The van der Waals surface area contributed by atoms with E-state index in [-0.39, 0.29) is 18.1 Å². The van der Waals surface area contributed by atoms with E-state index < -0.39 is 5.97 Å². The minimum Gasteiger partial charge on any atom is -0.461 e. The Morgan fingerprint density at radius 2 is 2.10 bits per heavy atom. The van der Waals surface area contributed by atoms with Gasteiger partial charge in [-0.15, -0.1) is 11.3 Å². The van der Waals surface area contributed by atoms with Gasteiger partial charge in [-0.2, -0.15) is 0 Å². The van der Waals surface area contributed by atoms with Gasteiger partial charge in [0.05, 0.1) is 6.61 Å². The molecule has 0 unspecified atom stereocenters. The lowest BCUT2D eigenvalue weighted by Crippen LogP contribution is -2.09. The lowest BCUT2D eigenvalue weighted by Gasteiger charge is -2.00. The number of carbonyl (C=O) groups excluding carboxylic acids is 2. The molecule has 110 valence electrons. The fourth-order valence-electron chi connectivity index (χ4n) is 1.75. The van der Waals surface area contributed by atoms with E-state index in [0.29, 0.717) is 9.88 Å². The number of ether oxygens (including phenoxy) is 1. The Labute approximate surface area is 135 Å². The summed E-state index contributed by atoms with van der Waals surface area (Å²) in [5, 5.41) is 0.629. The first-order valence-corrected chi connectivity index (χ1v) is 8.00. The molecule has 2 rings (SSSR count). The molecule has 0 amide bonds. The Balaban J connectivity index is 2.50. The molecule has 0 aliphatic heterocycles. The number of aryl methyl sites for hydroxylation is 1. The van der Waals surface area contributed by atoms with Gasteiger partial charge >= 0.3 is 5.97 Å². The monoisotopic (exact) mass is 367 g/mol. The Morgan fingerprint density at radius 1 is 1.38 bits per heavy atom. The average Bonchev–Trinajstić information content (AvgIpc) is 2.87. The smallest absolute Gasteiger partial charge is 0.358 e. The zero-order valence-corrected chi connectivity index (χ0v) is 14.3. The summed E-state index contributed by atoms with van der Waals surface area (Å²) in [6.45, 7) is 5.38. The highest BCUT2D eigenvalue weighted by Gasteiger charge is 2.22. The standard InChI is InChI=1S/C15H14BrNO3S/c1-4-20-15(19)12-13(9(3)18)21-14(17-12)10-6-5-8(2)11(16)7-10/h5-7H,4H2,1-3H3. The molecular formula is C15H14BrNO3S. The first-order valence-electron chi connectivity index (χ1n) is 6.39. The van der Waals surface area contributed by atoms with Crippen LogP contribution in [0.15, 0.2) is 22.7 Å². The number of thiazole rings is 1. The molecular weight excluding hydrogens is 354 g/mol. The Morgan fingerprint density at radius 3 is 2.67 bits per heavy atom. The number of ketones is 1. The van der Waals surface area contributed by atoms with Crippen molar-refractivity contribution in [3.63, 3.8) is 0 Å². The molecule has 1 aromatic carbocycles. The minimum absolute atomic E-state index is 0.0982. The molecule has 4 nitrogen and oxygen atoms in total. The number of nitrogens with zero attached hydrogens (tertiary/aromatic N) is 1. The normalized spacial score (nSPS) is 10.5. The molecule has 21 heavy (non-hydrogen) atoms. The van der Waals surface area contributed by atoms with Crippen LogP contribution in [0.5, 0.6) is 0 Å². The fourth-order valence-corrected chi connectivity index (χ4v) is 3.07. The Hall–Kier alpha value is -1.53. The molecule has 0 aliphatic rings. The molecule has 0 fully saturated rings. The molecule has 1 aromatic heterocycles. The quantitative estimate of drug-likeness (QED) is 0.598. The molecule has 0 saturated carbocycles. The van der Waals surface area contributed by atoms with Crippen molar-refractivity contribution in [2.24, 2.45) is 0 Å². The summed E-state index contributed by atoms with van der Waals surface area (Å²) < 4.78 is 5.91. The Bertz CT molecular complexity index is 709. The molecule has 0 saturated heterocycles. The molecule has 1 heterocycles. The largest absolute Gasteiger partial charge is 0.461 e. The van der Waals surface area contributed by atoms with Crippen LogP contribution in [0.25, 0.3) is 10.6 Å². The predicted octanol–water partition coefficient (Wildman–Crippen LogP) is 4.26. The third-order valence-corrected chi connectivity index (χ3v) is 4.89. The first kappa shape index (κ1) is 15.9. The van der Waals surface area contributed by atoms with E-state index in [1.54, 1.807) is 6.92 Å². The summed E-state index contributed by atoms with van der Waals surface area (Å²) in [5.41, 5.74) is 2.06. The third-order valence-electron chi connectivity index (χ3n) is 2.83. The van der Waals surface area contributed by atoms with Crippen LogP contribution in [0.4, 0.5) is 0 Å². The molecule has 0 N–H and O–H groups in total. The van der Waals surface area contributed by atoms with Crippen molar-refractivity contribution in [2.75, 3.05) is 6.61 Å². The van der Waals surface area contributed by atoms with Crippen LogP contribution in [0.2, 0.25) is 0 Å². The molecule has 6 heteroatoms. The van der Waals surface area contributed by atoms with Gasteiger partial charge in [0.25, 0.3) is 0 Å². The van der Waals surface area contributed by atoms with Gasteiger partial charge in [-0.25, -0.2) is 9.78 Å². The number of rotatable bonds is 4. The maximum absolute atomic E-state index is 11.9. The van der Waals surface area contributed by atoms with E-state index >= 15 is 0 Å². The van der Waals surface area contributed by atoms with Gasteiger partial charge in [-0.3, -0.25) is 4.79 Å². The van der Waals surface area contributed by atoms with Gasteiger partial charge in [-0.1, -0.05) is 28.1 Å². The summed E-state index contributed by atoms with van der Waals surface area (Å²) in [5.74, 6) is -0.746. The number of hydrogen-bond acceptors (Lipinski definition) is 5. The summed E-state index contributed by atoms with van der Waals surface area (Å²) in [6.07, 6.45) is 0. The van der Waals surface area contributed by atoms with Crippen molar-refractivity contribution in [1.82, 2.24) is 4.98 Å². The van der Waals surface area contributed by atoms with E-state index in [4.69, 9.17) is 4.74 Å². The lowest BCUT2D eigenvalue weighted by molar-refractivity contribution is 0.0517. The summed E-state index contributed by atoms with van der Waals surface area (Å²) in [4.78, 5) is 28.2. The number of Topliss-reactive ketones (excluding diaryl/α,β-unsaturated/α-hetero) is 1. The summed E-state index contributed by atoms with van der Waals surface area (Å²) in [7, 11) is 0. The highest BCUT2D eigenvalue weighted by molar-refractivity contribution is 9.10. The van der Waals surface area contributed by atoms with Crippen LogP contribution in [0.1, 0.15) is 39.6 Å². The van der Waals surface area contributed by atoms with Gasteiger partial charge in [0.1, 0.15) is 9.88 Å². The first-order chi connectivity index (χ1) is 9.93. The van der Waals surface area contributed by atoms with Crippen LogP contribution >= 0.6 is 27.3 Å². The van der Waals surface area contributed by atoms with Crippen molar-refractivity contribution in [1.29, 1.82) is 0 Å². The highest BCUT2D eigenvalue weighted by Crippen LogP contribution is 2.31. The van der Waals surface area contributed by atoms with Gasteiger partial charge in [-0.05, 0) is 25.5 Å². The third kappa shape index (κ3) is 3.39. The van der Waals surface area contributed by atoms with E-state index in [0.717, 1.165) is 15.6 Å². The molecule has 0 bridgehead atoms. The van der Waals surface area contributed by atoms with Crippen LogP contribution in [0, 0.1) is 6.92 Å². The van der Waals surface area contributed by atoms with Crippen molar-refractivity contribution in [3.8, 4) is 10.6 Å². The maximum atomic E-state index is 11.9. The number of carbonyl (C=O) groups is 2. The van der Waals surface area contributed by atoms with Gasteiger partial charge in [0, 0.05) is 17.0 Å². The lowest BCUT2D eigenvalue weighted by atomic mass is 10.2. The van der Waals surface area contributed by atoms with Crippen molar-refractivity contribution in [2.45, 2.75) is 20.8 Å². The van der Waals surface area contributed by atoms with Gasteiger partial charge in [0.2, 0.25) is 0 Å². The van der Waals surface area contributed by atoms with Crippen LogP contribution in [-0.4, -0.2) is 23.3 Å². The number of aromatic nitrogens is 1. The highest BCUT2D eigenvalue weighted by atomic mass is 79.9. The SMILES string of the molecule is CCOC(=O)c1nc(-c2ccc(C)c(Br)c2)sc1C(C)=O. The second-order valence-electron chi connectivity index (χ2n) is 4.44. The van der Waals surface area contributed by atoms with Crippen LogP contribution in [0.3, 0.4) is 0 Å². The average molecular weight is 368 g/mol. The topological polar surface area (TPSA) is 56.3 Å². The predicted molar refractivity (Wildman–Crippen MR) is 85.9 cm³/mol. The van der Waals surface area contributed by atoms with E-state index in [1.165, 1.54) is 18.3 Å². The maximum Gasteiger partial charge on any atom is 0.358 e. The van der Waals surface area contributed by atoms with Gasteiger partial charge < -0.3 is 4.74 Å². The number of benzene rings is 1. The zero-order valence-electron chi connectivity index (χ0n) is 11.9. The number of hydrogen-bond donors (Lipinski definition) is 0. The van der Waals surface area contributed by atoms with Crippen molar-refractivity contribution >= 4 is 39.0 Å². The second kappa shape index (κ2) is 6.49. The second-order valence-corrected chi connectivity index (χ2v) is 6.29. The van der Waals surface area contributed by atoms with Gasteiger partial charge in [0.15, 0.2) is 11.5 Å². The zero-order chi connectivity index (χ0) is 15.6. The van der Waals surface area contributed by atoms with E-state index in [9.17, 15) is 9.59 Å².